The van der Waals surface area contributed by atoms with E-state index >= 15 is 0 Å². The van der Waals surface area contributed by atoms with Gasteiger partial charge >= 0.3 is 0 Å². The van der Waals surface area contributed by atoms with Crippen LogP contribution >= 0.6 is 0 Å². The molecule has 0 aliphatic rings. The van der Waals surface area contributed by atoms with Crippen molar-refractivity contribution in [2.24, 2.45) is 0 Å². The molecule has 0 saturated heterocycles. The average molecular weight is 959 g/mol. The molecular weight excluding hydrogens is 917 g/mol. The number of aromatic nitrogens is 4. The number of ketones is 1. The summed E-state index contributed by atoms with van der Waals surface area (Å²) < 4.78 is 4.62. The minimum atomic E-state index is -0.125. The predicted octanol–water partition coefficient (Wildman–Crippen LogP) is 12.9. The topological polar surface area (TPSA) is 72.9 Å². The number of para-hydroxylation sites is 2. The number of allylic oxidation sites excluding steroid dienone is 2. The van der Waals surface area contributed by atoms with E-state index < -0.39 is 0 Å². The molecule has 7 heteroatoms. The van der Waals surface area contributed by atoms with Crippen molar-refractivity contribution < 1.29 is 30.0 Å². The molecule has 297 valence electrons. The molecular formula is C53H42IrN4O2-2. The van der Waals surface area contributed by atoms with Crippen LogP contribution < -0.4 is 0 Å². The van der Waals surface area contributed by atoms with Crippen LogP contribution in [0.3, 0.4) is 0 Å². The van der Waals surface area contributed by atoms with Gasteiger partial charge in [-0.25, -0.2) is 0 Å². The first-order chi connectivity index (χ1) is 28.7. The number of rotatable bonds is 5. The van der Waals surface area contributed by atoms with E-state index in [0.29, 0.717) is 0 Å². The number of carbonyl (C=O) groups is 1. The molecule has 0 spiro atoms. The van der Waals surface area contributed by atoms with Gasteiger partial charge < -0.3 is 24.2 Å². The average Bonchev–Trinajstić information content (AvgIpc) is 3.77. The quantitative estimate of drug-likeness (QED) is 0.106. The van der Waals surface area contributed by atoms with Crippen LogP contribution in [0.15, 0.2) is 182 Å². The third-order valence-corrected chi connectivity index (χ3v) is 10.1. The largest absolute Gasteiger partial charge is 0.512 e. The smallest absolute Gasteiger partial charge is 0.155 e. The number of aryl methyl sites for hydroxylation is 2. The van der Waals surface area contributed by atoms with E-state index in [1.807, 2.05) is 48.8 Å². The second kappa shape index (κ2) is 18.3. The zero-order valence-corrected chi connectivity index (χ0v) is 36.1. The van der Waals surface area contributed by atoms with Gasteiger partial charge in [0.2, 0.25) is 0 Å². The van der Waals surface area contributed by atoms with Gasteiger partial charge in [0.1, 0.15) is 0 Å². The van der Waals surface area contributed by atoms with E-state index in [0.717, 1.165) is 33.5 Å². The Morgan fingerprint density at radius 3 is 1.28 bits per heavy atom. The minimum Gasteiger partial charge on any atom is -0.512 e. The summed E-state index contributed by atoms with van der Waals surface area (Å²) in [6.45, 7) is 7.08. The van der Waals surface area contributed by atoms with Gasteiger partial charge in [-0.05, 0) is 109 Å². The van der Waals surface area contributed by atoms with Crippen molar-refractivity contribution in [3.63, 3.8) is 0 Å². The molecule has 0 amide bonds. The number of pyridine rings is 2. The van der Waals surface area contributed by atoms with Gasteiger partial charge in [0.15, 0.2) is 5.78 Å². The summed E-state index contributed by atoms with van der Waals surface area (Å²) in [6, 6.07) is 61.8. The fourth-order valence-corrected chi connectivity index (χ4v) is 7.40. The summed E-state index contributed by atoms with van der Waals surface area (Å²) in [6.07, 6.45) is 4.81. The molecule has 6 nitrogen and oxygen atoms in total. The van der Waals surface area contributed by atoms with Crippen molar-refractivity contribution >= 4 is 49.4 Å². The fourth-order valence-electron chi connectivity index (χ4n) is 7.40. The molecule has 0 fully saturated rings. The number of aliphatic hydroxyl groups excluding tert-OH is 1. The monoisotopic (exact) mass is 959 g/mol. The number of carbonyl (C=O) groups excluding carboxylic acids is 1. The van der Waals surface area contributed by atoms with Gasteiger partial charge in [0.25, 0.3) is 0 Å². The molecule has 4 heterocycles. The Balaban J connectivity index is 0.000000155. The molecule has 6 aromatic carbocycles. The summed E-state index contributed by atoms with van der Waals surface area (Å²) in [5, 5.41) is 13.3. The number of nitrogens with zero attached hydrogens (tertiary/aromatic N) is 4. The van der Waals surface area contributed by atoms with Crippen LogP contribution in [-0.4, -0.2) is 30.0 Å². The first kappa shape index (κ1) is 41.2. The fraction of sp³-hybridized carbons (Fsp3) is 0.0755. The van der Waals surface area contributed by atoms with Crippen molar-refractivity contribution in [2.75, 3.05) is 0 Å². The van der Waals surface area contributed by atoms with E-state index in [4.69, 9.17) is 5.11 Å². The maximum Gasteiger partial charge on any atom is 0.155 e. The van der Waals surface area contributed by atoms with Crippen LogP contribution in [0.1, 0.15) is 25.0 Å². The molecule has 10 rings (SSSR count). The number of aliphatic hydroxyl groups is 1. The molecule has 0 aliphatic heterocycles. The van der Waals surface area contributed by atoms with Gasteiger partial charge in [0, 0.05) is 61.0 Å². The molecule has 0 saturated carbocycles. The Labute approximate surface area is 363 Å². The third-order valence-electron chi connectivity index (χ3n) is 10.1. The van der Waals surface area contributed by atoms with Crippen LogP contribution in [0.4, 0.5) is 0 Å². The van der Waals surface area contributed by atoms with Gasteiger partial charge in [-0.1, -0.05) is 107 Å². The van der Waals surface area contributed by atoms with Gasteiger partial charge in [-0.3, -0.25) is 4.79 Å². The number of benzene rings is 6. The first-order valence-corrected chi connectivity index (χ1v) is 19.5. The molecule has 1 radical (unpaired) electrons. The van der Waals surface area contributed by atoms with E-state index in [9.17, 15) is 4.79 Å². The van der Waals surface area contributed by atoms with Crippen molar-refractivity contribution in [2.45, 2.75) is 27.7 Å². The van der Waals surface area contributed by atoms with Gasteiger partial charge in [-0.2, -0.15) is 0 Å². The number of hydrogen-bond acceptors (Lipinski definition) is 4. The van der Waals surface area contributed by atoms with E-state index in [2.05, 4.69) is 166 Å². The zero-order chi connectivity index (χ0) is 40.9. The number of hydrogen-bond donors (Lipinski definition) is 1. The van der Waals surface area contributed by atoms with Crippen molar-refractivity contribution in [1.82, 2.24) is 19.1 Å². The predicted molar refractivity (Wildman–Crippen MR) is 242 cm³/mol. The van der Waals surface area contributed by atoms with E-state index in [-0.39, 0.29) is 31.6 Å². The van der Waals surface area contributed by atoms with Crippen LogP contribution in [0, 0.1) is 26.0 Å². The SMILES string of the molecule is CC(=O)/C=C(/C)O.Cc1ccc(-n2c3c[c-]c(-c4ccccn4)cc3c3ccccc32)cc1.Cc1ccc(-n2c3c[c-]c(-c4ccccn4)cc3c3ccccc32)cc1.[Ir]. The van der Waals surface area contributed by atoms with Gasteiger partial charge in [0.05, 0.1) is 5.76 Å². The Bertz CT molecular complexity index is 2890. The summed E-state index contributed by atoms with van der Waals surface area (Å²) >= 11 is 0. The van der Waals surface area contributed by atoms with Crippen molar-refractivity contribution in [3.05, 3.63) is 205 Å². The molecule has 0 atom stereocenters. The third kappa shape index (κ3) is 8.74. The van der Waals surface area contributed by atoms with Crippen molar-refractivity contribution in [1.29, 1.82) is 0 Å². The maximum atomic E-state index is 10.0. The molecule has 0 aliphatic carbocycles. The molecule has 1 N–H and O–H groups in total. The van der Waals surface area contributed by atoms with E-state index in [1.54, 1.807) is 0 Å². The van der Waals surface area contributed by atoms with Crippen LogP contribution in [0.2, 0.25) is 0 Å². The molecule has 4 aromatic heterocycles. The normalized spacial score (nSPS) is 11.1. The maximum absolute atomic E-state index is 10.0. The second-order valence-corrected chi connectivity index (χ2v) is 14.5. The molecule has 0 unspecified atom stereocenters. The minimum absolute atomic E-state index is 0. The Morgan fingerprint density at radius 2 is 0.933 bits per heavy atom. The second-order valence-electron chi connectivity index (χ2n) is 14.5. The van der Waals surface area contributed by atoms with Gasteiger partial charge in [-0.15, -0.1) is 47.5 Å². The molecule has 60 heavy (non-hydrogen) atoms. The van der Waals surface area contributed by atoms with Crippen LogP contribution in [0.25, 0.3) is 77.5 Å². The summed E-state index contributed by atoms with van der Waals surface area (Å²) in [5.74, 6) is -0.0625. The summed E-state index contributed by atoms with van der Waals surface area (Å²) in [5.41, 5.74) is 13.5. The molecule has 10 aromatic rings. The Morgan fingerprint density at radius 1 is 0.533 bits per heavy atom. The number of fused-ring (bicyclic) bond motifs is 6. The molecule has 0 bridgehead atoms. The van der Waals surface area contributed by atoms with Crippen LogP contribution in [0.5, 0.6) is 0 Å². The summed E-state index contributed by atoms with van der Waals surface area (Å²) in [7, 11) is 0. The zero-order valence-electron chi connectivity index (χ0n) is 33.7. The van der Waals surface area contributed by atoms with Crippen molar-refractivity contribution in [3.8, 4) is 33.9 Å². The summed E-state index contributed by atoms with van der Waals surface area (Å²) in [4.78, 5) is 19.0. The van der Waals surface area contributed by atoms with E-state index in [1.165, 1.54) is 75.0 Å². The Kier molecular flexibility index (Phi) is 12.6. The Hall–Kier alpha value is -6.92. The first-order valence-electron chi connectivity index (χ1n) is 19.5. The standard InChI is InChI=1S/2C24H17N2.C5H8O2.Ir/c2*1-17-9-12-19(13-10-17)26-23-8-3-2-6-20(23)21-16-18(11-14-24(21)26)22-7-4-5-15-25-22;1-4(6)3-5(2)7;/h2*2-10,12-16H,1H3;3,6H,1-2H3;/q2*-1;;/b;;4-3-;. The van der Waals surface area contributed by atoms with Crippen LogP contribution in [-0.2, 0) is 24.9 Å².